The lowest BCUT2D eigenvalue weighted by atomic mass is 9.98. The molecule has 0 spiro atoms. The van der Waals surface area contributed by atoms with Crippen LogP contribution >= 0.6 is 0 Å². The zero-order valence-corrected chi connectivity index (χ0v) is 10.6. The minimum absolute atomic E-state index is 0. The zero-order valence-electron chi connectivity index (χ0n) is 9.14. The van der Waals surface area contributed by atoms with E-state index < -0.39 is 11.9 Å². The quantitative estimate of drug-likeness (QED) is 0.365. The van der Waals surface area contributed by atoms with E-state index in [1.54, 1.807) is 24.3 Å². The van der Waals surface area contributed by atoms with Crippen LogP contribution in [0.1, 0.15) is 24.8 Å². The number of hydrogen-bond acceptors (Lipinski definition) is 3. The summed E-state index contributed by atoms with van der Waals surface area (Å²) in [7, 11) is 0. The molecule has 2 rings (SSSR count). The van der Waals surface area contributed by atoms with E-state index in [4.69, 9.17) is 4.74 Å². The van der Waals surface area contributed by atoms with Gasteiger partial charge in [-0.1, -0.05) is 25.1 Å². The fourth-order valence-electron chi connectivity index (χ4n) is 1.71. The third-order valence-electron chi connectivity index (χ3n) is 2.39. The number of benzene rings is 1. The van der Waals surface area contributed by atoms with Crippen LogP contribution in [-0.2, 0) is 4.79 Å². The van der Waals surface area contributed by atoms with Crippen molar-refractivity contribution in [2.24, 2.45) is 0 Å². The van der Waals surface area contributed by atoms with E-state index in [-0.39, 0.29) is 28.8 Å². The average molecular weight is 229 g/mol. The standard InChI is InChI=1S/C12H12O3.Mg/c1-2-5-9(13)11-8-6-3-4-7-10(8)15-12(11)14;/h3-7,11,13H,2H2,1H3;/b9-5-;. The third-order valence-corrected chi connectivity index (χ3v) is 2.39. The Morgan fingerprint density at radius 1 is 1.50 bits per heavy atom. The minimum Gasteiger partial charge on any atom is -0.511 e. The van der Waals surface area contributed by atoms with E-state index in [1.807, 2.05) is 13.0 Å². The fraction of sp³-hybridized carbons (Fsp3) is 0.250. The maximum atomic E-state index is 11.5. The first-order valence-electron chi connectivity index (χ1n) is 4.93. The number of fused-ring (bicyclic) bond motifs is 1. The van der Waals surface area contributed by atoms with Crippen molar-refractivity contribution in [3.63, 3.8) is 0 Å². The van der Waals surface area contributed by atoms with E-state index in [9.17, 15) is 9.90 Å². The van der Waals surface area contributed by atoms with Gasteiger partial charge >= 0.3 is 5.97 Å². The topological polar surface area (TPSA) is 46.5 Å². The van der Waals surface area contributed by atoms with E-state index in [0.717, 1.165) is 5.56 Å². The second kappa shape index (κ2) is 5.36. The first-order valence-corrected chi connectivity index (χ1v) is 4.93. The van der Waals surface area contributed by atoms with Crippen LogP contribution in [0.5, 0.6) is 5.75 Å². The lowest BCUT2D eigenvalue weighted by molar-refractivity contribution is -0.133. The molecule has 1 aliphatic rings. The molecule has 0 saturated heterocycles. The lowest BCUT2D eigenvalue weighted by Gasteiger charge is -2.05. The van der Waals surface area contributed by atoms with Gasteiger partial charge < -0.3 is 9.84 Å². The number of para-hydroxylation sites is 1. The van der Waals surface area contributed by atoms with Crippen molar-refractivity contribution < 1.29 is 14.6 Å². The summed E-state index contributed by atoms with van der Waals surface area (Å²) in [6, 6.07) is 7.15. The highest BCUT2D eigenvalue weighted by atomic mass is 24.3. The SMILES string of the molecule is CC/C=C(\O)C1C(=O)Oc2ccccc21.[Mg]. The van der Waals surface area contributed by atoms with Crippen molar-refractivity contribution in [2.75, 3.05) is 0 Å². The van der Waals surface area contributed by atoms with Gasteiger partial charge in [0.15, 0.2) is 0 Å². The Bertz CT molecular complexity index is 426. The summed E-state index contributed by atoms with van der Waals surface area (Å²) < 4.78 is 5.05. The van der Waals surface area contributed by atoms with E-state index >= 15 is 0 Å². The molecular weight excluding hydrogens is 216 g/mol. The molecule has 16 heavy (non-hydrogen) atoms. The highest BCUT2D eigenvalue weighted by Crippen LogP contribution is 2.37. The molecule has 1 unspecified atom stereocenters. The summed E-state index contributed by atoms with van der Waals surface area (Å²) in [6.07, 6.45) is 2.33. The van der Waals surface area contributed by atoms with Crippen molar-refractivity contribution in [2.45, 2.75) is 19.3 Å². The Morgan fingerprint density at radius 2 is 2.19 bits per heavy atom. The predicted octanol–water partition coefficient (Wildman–Crippen LogP) is 2.16. The molecule has 0 amide bonds. The molecule has 1 atom stereocenters. The molecule has 2 radical (unpaired) electrons. The third kappa shape index (κ3) is 2.22. The molecule has 1 aromatic carbocycles. The normalized spacial score (nSPS) is 18.7. The largest absolute Gasteiger partial charge is 0.511 e. The molecule has 0 bridgehead atoms. The molecule has 3 nitrogen and oxygen atoms in total. The smallest absolute Gasteiger partial charge is 0.326 e. The number of esters is 1. The molecule has 1 N–H and O–H groups in total. The number of allylic oxidation sites excluding steroid dienone is 1. The van der Waals surface area contributed by atoms with Crippen molar-refractivity contribution in [1.82, 2.24) is 0 Å². The molecule has 4 heteroatoms. The molecular formula is C12H12MgO3. The summed E-state index contributed by atoms with van der Waals surface area (Å²) in [4.78, 5) is 11.5. The van der Waals surface area contributed by atoms with Gasteiger partial charge in [0.05, 0.1) is 0 Å². The van der Waals surface area contributed by atoms with Gasteiger partial charge in [0.25, 0.3) is 0 Å². The Kier molecular flexibility index (Phi) is 4.38. The fourth-order valence-corrected chi connectivity index (χ4v) is 1.71. The van der Waals surface area contributed by atoms with Crippen LogP contribution in [-0.4, -0.2) is 34.1 Å². The average Bonchev–Trinajstić information content (AvgIpc) is 2.54. The first-order chi connectivity index (χ1) is 7.24. The number of ether oxygens (including phenoxy) is 1. The monoisotopic (exact) mass is 228 g/mol. The van der Waals surface area contributed by atoms with Gasteiger partial charge in [0.2, 0.25) is 0 Å². The lowest BCUT2D eigenvalue weighted by Crippen LogP contribution is -2.12. The number of aliphatic hydroxyl groups excluding tert-OH is 1. The van der Waals surface area contributed by atoms with Gasteiger partial charge in [0, 0.05) is 28.6 Å². The van der Waals surface area contributed by atoms with Crippen LogP contribution in [0.15, 0.2) is 36.1 Å². The summed E-state index contributed by atoms with van der Waals surface area (Å²) in [5.74, 6) is -0.421. The molecule has 0 aliphatic carbocycles. The van der Waals surface area contributed by atoms with Gasteiger partial charge in [-0.2, -0.15) is 0 Å². The van der Waals surface area contributed by atoms with Gasteiger partial charge in [-0.3, -0.25) is 4.79 Å². The molecule has 0 fully saturated rings. The van der Waals surface area contributed by atoms with Crippen molar-refractivity contribution in [3.8, 4) is 5.75 Å². The van der Waals surface area contributed by atoms with Crippen LogP contribution in [0.25, 0.3) is 0 Å². The summed E-state index contributed by atoms with van der Waals surface area (Å²) in [6.45, 7) is 1.91. The van der Waals surface area contributed by atoms with Gasteiger partial charge in [0.1, 0.15) is 17.4 Å². The molecule has 1 heterocycles. The Morgan fingerprint density at radius 3 is 2.88 bits per heavy atom. The van der Waals surface area contributed by atoms with Crippen molar-refractivity contribution >= 4 is 29.0 Å². The summed E-state index contributed by atoms with van der Waals surface area (Å²) >= 11 is 0. The second-order valence-corrected chi connectivity index (χ2v) is 3.43. The number of rotatable bonds is 2. The number of aliphatic hydroxyl groups is 1. The molecule has 0 saturated carbocycles. The van der Waals surface area contributed by atoms with E-state index in [1.165, 1.54) is 0 Å². The van der Waals surface area contributed by atoms with Crippen LogP contribution in [0, 0.1) is 0 Å². The number of carbonyl (C=O) groups is 1. The predicted molar refractivity (Wildman–Crippen MR) is 61.6 cm³/mol. The highest BCUT2D eigenvalue weighted by molar-refractivity contribution is 5.88. The second-order valence-electron chi connectivity index (χ2n) is 3.43. The number of hydrogen-bond donors (Lipinski definition) is 1. The molecule has 1 aromatic rings. The van der Waals surface area contributed by atoms with Gasteiger partial charge in [-0.15, -0.1) is 0 Å². The zero-order chi connectivity index (χ0) is 10.8. The Labute approximate surface area is 110 Å². The first kappa shape index (κ1) is 13.1. The van der Waals surface area contributed by atoms with Crippen molar-refractivity contribution in [3.05, 3.63) is 41.7 Å². The number of carbonyl (C=O) groups excluding carboxylic acids is 1. The molecule has 80 valence electrons. The maximum absolute atomic E-state index is 11.5. The van der Waals surface area contributed by atoms with Crippen LogP contribution in [0.3, 0.4) is 0 Å². The maximum Gasteiger partial charge on any atom is 0.326 e. The summed E-state index contributed by atoms with van der Waals surface area (Å²) in [5, 5.41) is 9.73. The molecule has 1 aliphatic heterocycles. The van der Waals surface area contributed by atoms with Crippen LogP contribution in [0.4, 0.5) is 0 Å². The summed E-state index contributed by atoms with van der Waals surface area (Å²) in [5.41, 5.74) is 0.740. The molecule has 0 aromatic heterocycles. The van der Waals surface area contributed by atoms with Crippen LogP contribution < -0.4 is 4.74 Å². The van der Waals surface area contributed by atoms with Crippen molar-refractivity contribution in [1.29, 1.82) is 0 Å². The Balaban J connectivity index is 0.00000128. The van der Waals surface area contributed by atoms with E-state index in [2.05, 4.69) is 0 Å². The van der Waals surface area contributed by atoms with Crippen LogP contribution in [0.2, 0.25) is 0 Å². The van der Waals surface area contributed by atoms with Gasteiger partial charge in [-0.05, 0) is 18.6 Å². The van der Waals surface area contributed by atoms with Gasteiger partial charge in [-0.25, -0.2) is 0 Å². The Hall–Kier alpha value is -1.00. The highest BCUT2D eigenvalue weighted by Gasteiger charge is 2.35. The minimum atomic E-state index is -0.638. The van der Waals surface area contributed by atoms with E-state index in [0.29, 0.717) is 12.2 Å².